The Balaban J connectivity index is 1.93. The summed E-state index contributed by atoms with van der Waals surface area (Å²) < 4.78 is 16.4. The van der Waals surface area contributed by atoms with Gasteiger partial charge in [0, 0.05) is 39.8 Å². The molecule has 0 saturated heterocycles. The normalized spacial score (nSPS) is 11.7. The van der Waals surface area contributed by atoms with E-state index in [-0.39, 0.29) is 0 Å². The summed E-state index contributed by atoms with van der Waals surface area (Å²) in [6.45, 7) is 2.06. The fourth-order valence-electron chi connectivity index (χ4n) is 2.67. The van der Waals surface area contributed by atoms with Crippen LogP contribution in [0.25, 0.3) is 11.4 Å². The highest BCUT2D eigenvalue weighted by molar-refractivity contribution is 6.60. The van der Waals surface area contributed by atoms with Crippen molar-refractivity contribution in [2.75, 3.05) is 21.3 Å². The lowest BCUT2D eigenvalue weighted by Crippen LogP contribution is -2.42. The molecule has 0 unspecified atom stereocenters. The molecular formula is C18H26N2O3Si. The molecular weight excluding hydrogens is 320 g/mol. The number of rotatable bonds is 9. The Labute approximate surface area is 145 Å². The van der Waals surface area contributed by atoms with Gasteiger partial charge in [0.05, 0.1) is 11.4 Å². The lowest BCUT2D eigenvalue weighted by molar-refractivity contribution is 0.123. The van der Waals surface area contributed by atoms with Crippen LogP contribution >= 0.6 is 0 Å². The molecule has 0 fully saturated rings. The van der Waals surface area contributed by atoms with E-state index in [1.165, 1.54) is 11.1 Å². The number of aromatic nitrogens is 2. The number of pyridine rings is 2. The molecule has 0 aliphatic carbocycles. The van der Waals surface area contributed by atoms with Crippen molar-refractivity contribution in [1.82, 2.24) is 9.97 Å². The van der Waals surface area contributed by atoms with E-state index in [2.05, 4.69) is 35.1 Å². The lowest BCUT2D eigenvalue weighted by atomic mass is 10.1. The average molecular weight is 347 g/mol. The van der Waals surface area contributed by atoms with Crippen LogP contribution in [0.2, 0.25) is 6.04 Å². The number of hydrogen-bond acceptors (Lipinski definition) is 5. The van der Waals surface area contributed by atoms with Crippen LogP contribution < -0.4 is 0 Å². The van der Waals surface area contributed by atoms with Gasteiger partial charge >= 0.3 is 8.80 Å². The van der Waals surface area contributed by atoms with Gasteiger partial charge in [0.15, 0.2) is 0 Å². The first-order valence-corrected chi connectivity index (χ1v) is 10.1. The maximum atomic E-state index is 5.45. The third-order valence-electron chi connectivity index (χ3n) is 4.13. The smallest absolute Gasteiger partial charge is 0.377 e. The fourth-order valence-corrected chi connectivity index (χ4v) is 4.47. The zero-order chi connectivity index (χ0) is 17.4. The quantitative estimate of drug-likeness (QED) is 0.512. The molecule has 2 heterocycles. The van der Waals surface area contributed by atoms with Crippen molar-refractivity contribution in [3.63, 3.8) is 0 Å². The van der Waals surface area contributed by atoms with Crippen molar-refractivity contribution in [3.8, 4) is 11.4 Å². The van der Waals surface area contributed by atoms with Gasteiger partial charge < -0.3 is 13.3 Å². The second-order valence-electron chi connectivity index (χ2n) is 5.77. The molecule has 0 bridgehead atoms. The Morgan fingerprint density at radius 1 is 0.875 bits per heavy atom. The molecule has 0 aliphatic heterocycles. The largest absolute Gasteiger partial charge is 0.500 e. The van der Waals surface area contributed by atoms with E-state index in [4.69, 9.17) is 13.3 Å². The first-order valence-electron chi connectivity index (χ1n) is 8.16. The highest BCUT2D eigenvalue weighted by atomic mass is 28.4. The summed E-state index contributed by atoms with van der Waals surface area (Å²) in [4.78, 5) is 8.85. The van der Waals surface area contributed by atoms with Gasteiger partial charge in [-0.15, -0.1) is 0 Å². The van der Waals surface area contributed by atoms with Gasteiger partial charge in [-0.1, -0.05) is 0 Å². The van der Waals surface area contributed by atoms with Gasteiger partial charge in [0.2, 0.25) is 0 Å². The molecule has 0 aromatic carbocycles. The van der Waals surface area contributed by atoms with Gasteiger partial charge in [0.25, 0.3) is 0 Å². The maximum absolute atomic E-state index is 5.45. The lowest BCUT2D eigenvalue weighted by Gasteiger charge is -2.24. The summed E-state index contributed by atoms with van der Waals surface area (Å²) >= 11 is 0. The molecule has 5 nitrogen and oxygen atoms in total. The predicted molar refractivity (Wildman–Crippen MR) is 96.7 cm³/mol. The summed E-state index contributed by atoms with van der Waals surface area (Å²) in [5.41, 5.74) is 4.29. The van der Waals surface area contributed by atoms with Crippen LogP contribution in [0.4, 0.5) is 0 Å². The van der Waals surface area contributed by atoms with Crippen molar-refractivity contribution >= 4 is 8.80 Å². The van der Waals surface area contributed by atoms with Gasteiger partial charge in [-0.2, -0.15) is 0 Å². The molecule has 6 heteroatoms. The van der Waals surface area contributed by atoms with E-state index in [1.807, 2.05) is 18.5 Å². The molecule has 2 aromatic heterocycles. The standard InChI is InChI=1S/C18H26N2O3Si/c1-15-8-10-19-17(13-15)18-14-16(9-11-20-18)7-5-6-12-24(21-2,22-3)23-4/h8-11,13-14H,5-7,12H2,1-4H3. The summed E-state index contributed by atoms with van der Waals surface area (Å²) in [6, 6.07) is 9.06. The minimum absolute atomic E-state index is 0.827. The van der Waals surface area contributed by atoms with Crippen molar-refractivity contribution < 1.29 is 13.3 Å². The van der Waals surface area contributed by atoms with Crippen LogP contribution in [0, 0.1) is 6.92 Å². The van der Waals surface area contributed by atoms with Crippen LogP contribution in [0.1, 0.15) is 24.0 Å². The second kappa shape index (κ2) is 9.03. The van der Waals surface area contributed by atoms with Crippen molar-refractivity contribution in [3.05, 3.63) is 47.8 Å². The molecule has 130 valence electrons. The molecule has 0 saturated carbocycles. The molecule has 0 radical (unpaired) electrons. The summed E-state index contributed by atoms with van der Waals surface area (Å²) in [7, 11) is 2.52. The van der Waals surface area contributed by atoms with E-state index in [0.717, 1.165) is 36.7 Å². The number of nitrogens with zero attached hydrogens (tertiary/aromatic N) is 2. The molecule has 24 heavy (non-hydrogen) atoms. The Hall–Kier alpha value is -1.60. The third kappa shape index (κ3) is 4.94. The van der Waals surface area contributed by atoms with E-state index in [9.17, 15) is 0 Å². The Morgan fingerprint density at radius 2 is 1.50 bits per heavy atom. The first kappa shape index (κ1) is 18.7. The molecule has 0 spiro atoms. The van der Waals surface area contributed by atoms with Crippen molar-refractivity contribution in [2.45, 2.75) is 32.2 Å². The van der Waals surface area contributed by atoms with Gasteiger partial charge in [-0.25, -0.2) is 0 Å². The van der Waals surface area contributed by atoms with Crippen LogP contribution in [0.3, 0.4) is 0 Å². The molecule has 0 N–H and O–H groups in total. The van der Waals surface area contributed by atoms with Crippen molar-refractivity contribution in [1.29, 1.82) is 0 Å². The van der Waals surface area contributed by atoms with Crippen LogP contribution in [0.5, 0.6) is 0 Å². The third-order valence-corrected chi connectivity index (χ3v) is 6.97. The molecule has 2 aromatic rings. The van der Waals surface area contributed by atoms with E-state index in [1.54, 1.807) is 21.3 Å². The fraction of sp³-hybridized carbons (Fsp3) is 0.444. The van der Waals surface area contributed by atoms with E-state index >= 15 is 0 Å². The van der Waals surface area contributed by atoms with Gasteiger partial charge in [-0.05, 0) is 61.6 Å². The number of hydrogen-bond donors (Lipinski definition) is 0. The molecule has 0 amide bonds. The van der Waals surface area contributed by atoms with Crippen molar-refractivity contribution in [2.24, 2.45) is 0 Å². The van der Waals surface area contributed by atoms with Crippen LogP contribution in [-0.2, 0) is 19.7 Å². The molecule has 0 atom stereocenters. The highest BCUT2D eigenvalue weighted by Gasteiger charge is 2.36. The minimum atomic E-state index is -2.45. The Bertz CT molecular complexity index is 639. The number of aryl methyl sites for hydroxylation is 2. The summed E-state index contributed by atoms with van der Waals surface area (Å²) in [5.74, 6) is 0. The Morgan fingerprint density at radius 3 is 2.12 bits per heavy atom. The molecule has 2 rings (SSSR count). The first-order chi connectivity index (χ1) is 11.6. The summed E-state index contributed by atoms with van der Waals surface area (Å²) in [6.07, 6.45) is 6.72. The Kier molecular flexibility index (Phi) is 7.05. The summed E-state index contributed by atoms with van der Waals surface area (Å²) in [5, 5.41) is 0. The van der Waals surface area contributed by atoms with Crippen LogP contribution in [-0.4, -0.2) is 40.1 Å². The SMILES string of the molecule is CO[Si](CCCCc1ccnc(-c2cc(C)ccn2)c1)(OC)OC. The second-order valence-corrected chi connectivity index (χ2v) is 8.86. The predicted octanol–water partition coefficient (Wildman–Crippen LogP) is 3.65. The minimum Gasteiger partial charge on any atom is -0.377 e. The maximum Gasteiger partial charge on any atom is 0.500 e. The van der Waals surface area contributed by atoms with Crippen LogP contribution in [0.15, 0.2) is 36.7 Å². The topological polar surface area (TPSA) is 53.5 Å². The van der Waals surface area contributed by atoms with Gasteiger partial charge in [0.1, 0.15) is 0 Å². The zero-order valence-corrected chi connectivity index (χ0v) is 15.9. The highest BCUT2D eigenvalue weighted by Crippen LogP contribution is 2.20. The average Bonchev–Trinajstić information content (AvgIpc) is 2.63. The van der Waals surface area contributed by atoms with Gasteiger partial charge in [-0.3, -0.25) is 9.97 Å². The molecule has 0 aliphatic rings. The van der Waals surface area contributed by atoms with E-state index < -0.39 is 8.80 Å². The van der Waals surface area contributed by atoms with E-state index in [0.29, 0.717) is 0 Å². The number of unbranched alkanes of at least 4 members (excludes halogenated alkanes) is 1. The monoisotopic (exact) mass is 346 g/mol. The zero-order valence-electron chi connectivity index (χ0n) is 14.9.